The number of amides is 3. The summed E-state index contributed by atoms with van der Waals surface area (Å²) in [5.41, 5.74) is 1.65. The predicted octanol–water partition coefficient (Wildman–Crippen LogP) is 4.49. The molecule has 3 amide bonds. The zero-order chi connectivity index (χ0) is 20.9. The lowest BCUT2D eigenvalue weighted by molar-refractivity contribution is 0.0751. The molecule has 0 radical (unpaired) electrons. The molecule has 0 unspecified atom stereocenters. The lowest BCUT2D eigenvalue weighted by Gasteiger charge is -2.36. The molecule has 1 fully saturated rings. The van der Waals surface area contributed by atoms with Crippen molar-refractivity contribution in [2.45, 2.75) is 0 Å². The van der Waals surface area contributed by atoms with Crippen molar-refractivity contribution in [2.24, 2.45) is 0 Å². The topological polar surface area (TPSA) is 64.7 Å². The summed E-state index contributed by atoms with van der Waals surface area (Å²) in [4.78, 5) is 29.5. The smallest absolute Gasteiger partial charge is 0.324 e. The largest absolute Gasteiger partial charge is 0.368 e. The van der Waals surface area contributed by atoms with Crippen molar-refractivity contribution in [1.82, 2.24) is 4.90 Å². The van der Waals surface area contributed by atoms with E-state index in [1.54, 1.807) is 41.3 Å². The van der Waals surface area contributed by atoms with Crippen LogP contribution in [0.5, 0.6) is 0 Å². The van der Waals surface area contributed by atoms with Crippen molar-refractivity contribution in [3.8, 4) is 0 Å². The fraction of sp³-hybridized carbons (Fsp3) is 0.182. The van der Waals surface area contributed by atoms with Gasteiger partial charge in [-0.1, -0.05) is 18.2 Å². The Morgan fingerprint density at radius 3 is 2.23 bits per heavy atom. The Hall–Kier alpha value is -3.39. The highest BCUT2D eigenvalue weighted by Gasteiger charge is 2.23. The van der Waals surface area contributed by atoms with E-state index in [1.165, 1.54) is 23.5 Å². The molecule has 6 nitrogen and oxygen atoms in total. The van der Waals surface area contributed by atoms with Gasteiger partial charge in [0, 0.05) is 37.6 Å². The first-order valence-corrected chi connectivity index (χ1v) is 10.4. The van der Waals surface area contributed by atoms with Crippen molar-refractivity contribution in [3.63, 3.8) is 0 Å². The number of nitrogens with one attached hydrogen (secondary N) is 2. The number of carbonyl (C=O) groups is 2. The third-order valence-corrected chi connectivity index (χ3v) is 5.83. The molecule has 1 aliphatic heterocycles. The minimum absolute atomic E-state index is 0.0460. The molecule has 0 spiro atoms. The molecular weight excluding hydrogens is 403 g/mol. The maximum absolute atomic E-state index is 13.1. The molecule has 1 aromatic heterocycles. The summed E-state index contributed by atoms with van der Waals surface area (Å²) in [6, 6.07) is 18.7. The average Bonchev–Trinajstić information content (AvgIpc) is 3.23. The Kier molecular flexibility index (Phi) is 5.94. The van der Waals surface area contributed by atoms with Crippen LogP contribution in [0.2, 0.25) is 0 Å². The van der Waals surface area contributed by atoms with E-state index in [0.29, 0.717) is 41.7 Å². The summed E-state index contributed by atoms with van der Waals surface area (Å²) in [5.74, 6) is -0.303. The molecule has 4 rings (SSSR count). The van der Waals surface area contributed by atoms with E-state index in [1.807, 2.05) is 18.2 Å². The number of benzene rings is 2. The summed E-state index contributed by atoms with van der Waals surface area (Å²) in [7, 11) is 0. The quantitative estimate of drug-likeness (QED) is 0.649. The number of hydrogen-bond donors (Lipinski definition) is 2. The van der Waals surface area contributed by atoms with Crippen molar-refractivity contribution in [1.29, 1.82) is 0 Å². The number of urea groups is 1. The van der Waals surface area contributed by atoms with Gasteiger partial charge in [-0.25, -0.2) is 9.18 Å². The Balaban J connectivity index is 1.31. The summed E-state index contributed by atoms with van der Waals surface area (Å²) in [5, 5.41) is 6.12. The molecule has 2 N–H and O–H groups in total. The second-order valence-corrected chi connectivity index (χ2v) is 7.95. The number of para-hydroxylation sites is 1. The molecular formula is C22H21FN4O2S. The number of halogens is 1. The molecule has 0 saturated carbocycles. The SMILES string of the molecule is O=C(Nc1ccccc1)Nc1ccc(C(=O)N2CCN(c3ccc(F)cc3)CC2)s1. The van der Waals surface area contributed by atoms with Crippen LogP contribution >= 0.6 is 11.3 Å². The molecule has 1 aliphatic rings. The van der Waals surface area contributed by atoms with Crippen LogP contribution in [0.1, 0.15) is 9.67 Å². The van der Waals surface area contributed by atoms with Gasteiger partial charge >= 0.3 is 6.03 Å². The minimum Gasteiger partial charge on any atom is -0.368 e. The molecule has 154 valence electrons. The molecule has 0 atom stereocenters. The van der Waals surface area contributed by atoms with Gasteiger partial charge in [-0.3, -0.25) is 10.1 Å². The maximum atomic E-state index is 13.1. The zero-order valence-electron chi connectivity index (χ0n) is 16.2. The zero-order valence-corrected chi connectivity index (χ0v) is 17.0. The number of hydrogen-bond acceptors (Lipinski definition) is 4. The third-order valence-electron chi connectivity index (χ3n) is 4.84. The Morgan fingerprint density at radius 2 is 1.53 bits per heavy atom. The average molecular weight is 425 g/mol. The summed E-state index contributed by atoms with van der Waals surface area (Å²) < 4.78 is 13.1. The molecule has 0 aliphatic carbocycles. The second kappa shape index (κ2) is 8.96. The van der Waals surface area contributed by atoms with Crippen molar-refractivity contribution >= 4 is 39.7 Å². The van der Waals surface area contributed by atoms with E-state index in [4.69, 9.17) is 0 Å². The van der Waals surface area contributed by atoms with Gasteiger partial charge in [0.25, 0.3) is 5.91 Å². The highest BCUT2D eigenvalue weighted by molar-refractivity contribution is 7.18. The summed E-state index contributed by atoms with van der Waals surface area (Å²) in [6.45, 7) is 2.55. The number of nitrogens with zero attached hydrogens (tertiary/aromatic N) is 2. The molecule has 30 heavy (non-hydrogen) atoms. The molecule has 0 bridgehead atoms. The van der Waals surface area contributed by atoms with Crippen molar-refractivity contribution < 1.29 is 14.0 Å². The predicted molar refractivity (Wildman–Crippen MR) is 118 cm³/mol. The summed E-state index contributed by atoms with van der Waals surface area (Å²) in [6.07, 6.45) is 0. The first-order chi connectivity index (χ1) is 14.6. The fourth-order valence-corrected chi connectivity index (χ4v) is 4.16. The molecule has 1 saturated heterocycles. The number of carbonyl (C=O) groups excluding carboxylic acids is 2. The number of rotatable bonds is 4. The van der Waals surface area contributed by atoms with Crippen molar-refractivity contribution in [2.75, 3.05) is 41.7 Å². The fourth-order valence-electron chi connectivity index (χ4n) is 3.29. The monoisotopic (exact) mass is 424 g/mol. The Bertz CT molecular complexity index is 1020. The van der Waals surface area contributed by atoms with Gasteiger partial charge in [-0.15, -0.1) is 11.3 Å². The summed E-state index contributed by atoms with van der Waals surface area (Å²) >= 11 is 1.25. The van der Waals surface area contributed by atoms with E-state index in [2.05, 4.69) is 15.5 Å². The standard InChI is InChI=1S/C22H21FN4O2S/c23-16-6-8-18(9-7-16)26-12-14-27(15-13-26)21(28)19-10-11-20(30-19)25-22(29)24-17-4-2-1-3-5-17/h1-11H,12-15H2,(H2,24,25,29). The van der Waals surface area contributed by atoms with Gasteiger partial charge in [0.15, 0.2) is 0 Å². The second-order valence-electron chi connectivity index (χ2n) is 6.86. The number of piperazine rings is 1. The van der Waals surface area contributed by atoms with Crippen LogP contribution in [0.4, 0.5) is 25.6 Å². The van der Waals surface area contributed by atoms with Crippen LogP contribution in [0.3, 0.4) is 0 Å². The molecule has 8 heteroatoms. The first-order valence-electron chi connectivity index (χ1n) is 9.61. The lowest BCUT2D eigenvalue weighted by atomic mass is 10.2. The van der Waals surface area contributed by atoms with Crippen LogP contribution in [-0.2, 0) is 0 Å². The molecule has 2 aromatic carbocycles. The van der Waals surface area contributed by atoms with Gasteiger partial charge < -0.3 is 15.1 Å². The van der Waals surface area contributed by atoms with Crippen molar-refractivity contribution in [3.05, 3.63) is 77.4 Å². The third kappa shape index (κ3) is 4.77. The number of thiophene rings is 1. The van der Waals surface area contributed by atoms with Gasteiger partial charge in [0.2, 0.25) is 0 Å². The maximum Gasteiger partial charge on any atom is 0.324 e. The molecule has 2 heterocycles. The van der Waals surface area contributed by atoms with E-state index in [-0.39, 0.29) is 17.8 Å². The Labute approximate surface area is 177 Å². The molecule has 3 aromatic rings. The van der Waals surface area contributed by atoms with E-state index in [9.17, 15) is 14.0 Å². The highest BCUT2D eigenvalue weighted by Crippen LogP contribution is 2.25. The normalized spacial score (nSPS) is 13.8. The van der Waals surface area contributed by atoms with Crippen LogP contribution in [0.15, 0.2) is 66.7 Å². The van der Waals surface area contributed by atoms with E-state index in [0.717, 1.165) is 5.69 Å². The van der Waals surface area contributed by atoms with Crippen LogP contribution in [0.25, 0.3) is 0 Å². The van der Waals surface area contributed by atoms with E-state index < -0.39 is 0 Å². The van der Waals surface area contributed by atoms with Crippen LogP contribution < -0.4 is 15.5 Å². The van der Waals surface area contributed by atoms with Gasteiger partial charge in [-0.2, -0.15) is 0 Å². The van der Waals surface area contributed by atoms with Gasteiger partial charge in [-0.05, 0) is 48.5 Å². The van der Waals surface area contributed by atoms with E-state index >= 15 is 0 Å². The Morgan fingerprint density at radius 1 is 0.833 bits per heavy atom. The lowest BCUT2D eigenvalue weighted by Crippen LogP contribution is -2.48. The first kappa shape index (κ1) is 19.9. The van der Waals surface area contributed by atoms with Crippen LogP contribution in [-0.4, -0.2) is 43.0 Å². The highest BCUT2D eigenvalue weighted by atomic mass is 32.1. The van der Waals surface area contributed by atoms with Gasteiger partial charge in [0.1, 0.15) is 5.82 Å². The number of anilines is 3. The minimum atomic E-state index is -0.352. The van der Waals surface area contributed by atoms with Crippen LogP contribution in [0, 0.1) is 5.82 Å². The van der Waals surface area contributed by atoms with Gasteiger partial charge in [0.05, 0.1) is 9.88 Å².